The second-order valence-electron chi connectivity index (χ2n) is 5.19. The molecule has 0 aromatic heterocycles. The average molecular weight is 263 g/mol. The molecule has 0 fully saturated rings. The first kappa shape index (κ1) is 14.4. The van der Waals surface area contributed by atoms with E-state index in [0.29, 0.717) is 17.8 Å². The van der Waals surface area contributed by atoms with Gasteiger partial charge in [0, 0.05) is 6.54 Å². The number of hydrogen-bond acceptors (Lipinski definition) is 3. The van der Waals surface area contributed by atoms with Crippen LogP contribution < -0.4 is 9.62 Å². The lowest BCUT2D eigenvalue weighted by atomic mass is 9.97. The van der Waals surface area contributed by atoms with Crippen molar-refractivity contribution in [2.75, 3.05) is 10.8 Å². The molecule has 0 saturated heterocycles. The summed E-state index contributed by atoms with van der Waals surface area (Å²) >= 11 is 4.15. The first-order valence-electron chi connectivity index (χ1n) is 5.60. The van der Waals surface area contributed by atoms with Crippen LogP contribution in [0.1, 0.15) is 26.3 Å². The van der Waals surface area contributed by atoms with E-state index in [9.17, 15) is 4.79 Å². The van der Waals surface area contributed by atoms with E-state index in [1.807, 2.05) is 26.8 Å². The van der Waals surface area contributed by atoms with Gasteiger partial charge in [-0.15, -0.1) is 0 Å². The smallest absolute Gasteiger partial charge is 0.331 e. The fourth-order valence-corrected chi connectivity index (χ4v) is 1.41. The van der Waals surface area contributed by atoms with E-state index >= 15 is 0 Å². The molecule has 1 N–H and O–H groups in total. The largest absolute Gasteiger partial charge is 0.336 e. The number of carbonyl (C=O) groups excluding carboxylic acids is 1. The Morgan fingerprint density at radius 3 is 2.39 bits per heavy atom. The summed E-state index contributed by atoms with van der Waals surface area (Å²) in [4.78, 5) is 11.8. The van der Waals surface area contributed by atoms with Gasteiger partial charge in [0.15, 0.2) is 0 Å². The van der Waals surface area contributed by atoms with Gasteiger partial charge >= 0.3 is 6.03 Å². The normalized spacial score (nSPS) is 10.6. The molecule has 0 spiro atoms. The summed E-state index contributed by atoms with van der Waals surface area (Å²) in [6.45, 7) is 6.69. The van der Waals surface area contributed by atoms with Crippen LogP contribution in [0.5, 0.6) is 0 Å². The van der Waals surface area contributed by atoms with Crippen LogP contribution in [0.3, 0.4) is 0 Å². The third kappa shape index (κ3) is 4.30. The maximum Gasteiger partial charge on any atom is 0.331 e. The van der Waals surface area contributed by atoms with Gasteiger partial charge in [0.2, 0.25) is 0 Å². The first-order valence-corrected chi connectivity index (χ1v) is 6.00. The van der Waals surface area contributed by atoms with Gasteiger partial charge in [0.25, 0.3) is 0 Å². The number of rotatable bonds is 2. The highest BCUT2D eigenvalue weighted by atomic mass is 32.1. The highest BCUT2D eigenvalue weighted by molar-refractivity contribution is 7.82. The molecule has 4 nitrogen and oxygen atoms in total. The first-order chi connectivity index (χ1) is 8.33. The molecule has 96 valence electrons. The number of carbonyl (C=O) groups is 1. The lowest BCUT2D eigenvalue weighted by molar-refractivity contribution is 0.244. The quantitative estimate of drug-likeness (QED) is 0.806. The molecule has 5 heteroatoms. The van der Waals surface area contributed by atoms with Crippen LogP contribution in [0.25, 0.3) is 0 Å². The molecule has 0 unspecified atom stereocenters. The van der Waals surface area contributed by atoms with Gasteiger partial charge in [-0.2, -0.15) is 5.26 Å². The molecular weight excluding hydrogens is 246 g/mol. The summed E-state index contributed by atoms with van der Waals surface area (Å²) in [5.41, 5.74) is 1.20. The van der Waals surface area contributed by atoms with Crippen LogP contribution in [-0.4, -0.2) is 12.6 Å². The second kappa shape index (κ2) is 5.78. The van der Waals surface area contributed by atoms with Crippen molar-refractivity contribution in [3.05, 3.63) is 29.8 Å². The minimum Gasteiger partial charge on any atom is -0.336 e. The van der Waals surface area contributed by atoms with Crippen LogP contribution in [0.15, 0.2) is 24.3 Å². The number of amides is 2. The van der Waals surface area contributed by atoms with E-state index in [0.717, 1.165) is 0 Å². The lowest BCUT2D eigenvalue weighted by Gasteiger charge is -2.22. The third-order valence-corrected chi connectivity index (χ3v) is 2.62. The zero-order chi connectivity index (χ0) is 13.8. The molecule has 0 radical (unpaired) electrons. The van der Waals surface area contributed by atoms with Crippen molar-refractivity contribution in [1.82, 2.24) is 5.32 Å². The number of nitriles is 1. The molecule has 1 aromatic carbocycles. The number of nitrogens with one attached hydrogen (secondary N) is 1. The van der Waals surface area contributed by atoms with Crippen LogP contribution in [0.4, 0.5) is 10.5 Å². The van der Waals surface area contributed by atoms with Gasteiger partial charge in [0.05, 0.1) is 17.3 Å². The number of benzene rings is 1. The average Bonchev–Trinajstić information content (AvgIpc) is 2.34. The van der Waals surface area contributed by atoms with Gasteiger partial charge < -0.3 is 5.32 Å². The zero-order valence-electron chi connectivity index (χ0n) is 10.8. The van der Waals surface area contributed by atoms with E-state index in [1.165, 1.54) is 4.31 Å². The topological polar surface area (TPSA) is 56.1 Å². The van der Waals surface area contributed by atoms with Gasteiger partial charge in [-0.1, -0.05) is 33.6 Å². The zero-order valence-corrected chi connectivity index (χ0v) is 11.7. The van der Waals surface area contributed by atoms with Gasteiger partial charge in [-0.25, -0.2) is 9.10 Å². The van der Waals surface area contributed by atoms with E-state index < -0.39 is 0 Å². The van der Waals surface area contributed by atoms with E-state index in [4.69, 9.17) is 5.26 Å². The van der Waals surface area contributed by atoms with Crippen LogP contribution in [0, 0.1) is 16.7 Å². The van der Waals surface area contributed by atoms with Crippen molar-refractivity contribution in [3.63, 3.8) is 0 Å². The summed E-state index contributed by atoms with van der Waals surface area (Å²) in [5, 5.41) is 11.5. The molecule has 0 aliphatic heterocycles. The summed E-state index contributed by atoms with van der Waals surface area (Å²) in [6, 6.07) is 8.41. The summed E-state index contributed by atoms with van der Waals surface area (Å²) in [7, 11) is 0. The molecular formula is C13H17N3OS. The van der Waals surface area contributed by atoms with Crippen LogP contribution >= 0.6 is 12.8 Å². The van der Waals surface area contributed by atoms with E-state index in [-0.39, 0.29) is 11.4 Å². The molecule has 0 saturated carbocycles. The Morgan fingerprint density at radius 1 is 1.39 bits per heavy atom. The fraction of sp³-hybridized carbons (Fsp3) is 0.385. The summed E-state index contributed by atoms with van der Waals surface area (Å²) < 4.78 is 1.23. The minimum atomic E-state index is -0.280. The van der Waals surface area contributed by atoms with E-state index in [1.54, 1.807) is 24.3 Å². The number of thiol groups is 1. The maximum atomic E-state index is 11.8. The molecule has 0 aliphatic rings. The van der Waals surface area contributed by atoms with Gasteiger partial charge in [-0.05, 0) is 29.7 Å². The molecule has 2 amide bonds. The van der Waals surface area contributed by atoms with Crippen LogP contribution in [0.2, 0.25) is 0 Å². The van der Waals surface area contributed by atoms with E-state index in [2.05, 4.69) is 18.1 Å². The lowest BCUT2D eigenvalue weighted by Crippen LogP contribution is -2.38. The van der Waals surface area contributed by atoms with Crippen molar-refractivity contribution in [1.29, 1.82) is 5.26 Å². The van der Waals surface area contributed by atoms with Crippen molar-refractivity contribution in [2.45, 2.75) is 20.8 Å². The Kier molecular flexibility index (Phi) is 4.62. The predicted octanol–water partition coefficient (Wildman–Crippen LogP) is 2.97. The summed E-state index contributed by atoms with van der Waals surface area (Å²) in [6.07, 6.45) is 0. The molecule has 0 aliphatic carbocycles. The monoisotopic (exact) mass is 263 g/mol. The number of hydrogen-bond donors (Lipinski definition) is 2. The molecule has 1 aromatic rings. The second-order valence-corrected chi connectivity index (χ2v) is 5.59. The Balaban J connectivity index is 2.66. The SMILES string of the molecule is CC(C)(C)CNC(=O)N(S)c1ccc(C#N)cc1. The molecule has 0 bridgehead atoms. The number of urea groups is 1. The molecule has 0 heterocycles. The van der Waals surface area contributed by atoms with Crippen molar-refractivity contribution in [3.8, 4) is 6.07 Å². The van der Waals surface area contributed by atoms with Crippen molar-refractivity contribution in [2.24, 2.45) is 5.41 Å². The maximum absolute atomic E-state index is 11.8. The van der Waals surface area contributed by atoms with Crippen molar-refractivity contribution >= 4 is 24.5 Å². The molecule has 1 rings (SSSR count). The molecule has 18 heavy (non-hydrogen) atoms. The third-order valence-electron chi connectivity index (χ3n) is 2.20. The van der Waals surface area contributed by atoms with Crippen LogP contribution in [-0.2, 0) is 0 Å². The minimum absolute atomic E-state index is 0.0228. The molecule has 0 atom stereocenters. The van der Waals surface area contributed by atoms with Gasteiger partial charge in [0.1, 0.15) is 0 Å². The number of anilines is 1. The fourth-order valence-electron chi connectivity index (χ4n) is 1.21. The Hall–Kier alpha value is -1.67. The standard InChI is InChI=1S/C13H17N3OS/c1-13(2,3)9-15-12(17)16(18)11-6-4-10(8-14)5-7-11/h4-7,18H,9H2,1-3H3,(H,15,17). The Bertz CT molecular complexity index is 457. The van der Waals surface area contributed by atoms with Crippen molar-refractivity contribution < 1.29 is 4.79 Å². The summed E-state index contributed by atoms with van der Waals surface area (Å²) in [5.74, 6) is 0. The Morgan fingerprint density at radius 2 is 1.94 bits per heavy atom. The Labute approximate surface area is 113 Å². The predicted molar refractivity (Wildman–Crippen MR) is 75.5 cm³/mol. The van der Waals surface area contributed by atoms with Gasteiger partial charge in [-0.3, -0.25) is 0 Å². The highest BCUT2D eigenvalue weighted by Gasteiger charge is 2.16. The number of nitrogens with zero attached hydrogens (tertiary/aromatic N) is 2. The highest BCUT2D eigenvalue weighted by Crippen LogP contribution is 2.17.